The maximum atomic E-state index is 14.6. The molecule has 1 saturated carbocycles. The largest absolute Gasteiger partial charge is 0.496 e. The van der Waals surface area contributed by atoms with Crippen molar-refractivity contribution in [1.29, 1.82) is 5.26 Å². The normalized spacial score (nSPS) is 14.9. The molecule has 0 spiro atoms. The maximum Gasteiger partial charge on any atom is 0.404 e. The van der Waals surface area contributed by atoms with Gasteiger partial charge in [-0.1, -0.05) is 6.07 Å². The van der Waals surface area contributed by atoms with Crippen LogP contribution >= 0.6 is 0 Å². The van der Waals surface area contributed by atoms with Crippen molar-refractivity contribution in [2.24, 2.45) is 5.92 Å². The van der Waals surface area contributed by atoms with Crippen LogP contribution in [0.25, 0.3) is 0 Å². The first-order valence-electron chi connectivity index (χ1n) is 9.60. The summed E-state index contributed by atoms with van der Waals surface area (Å²) in [6, 6.07) is 7.74. The number of benzene rings is 1. The number of hydrogen-bond acceptors (Lipinski definition) is 6. The highest BCUT2D eigenvalue weighted by atomic mass is 19.1. The molecule has 1 aromatic heterocycles. The lowest BCUT2D eigenvalue weighted by Crippen LogP contribution is -2.45. The lowest BCUT2D eigenvalue weighted by Gasteiger charge is -2.26. The number of anilines is 3. The average molecular weight is 413 g/mol. The first-order chi connectivity index (χ1) is 14.3. The Kier molecular flexibility index (Phi) is 6.26. The summed E-state index contributed by atoms with van der Waals surface area (Å²) >= 11 is 0. The van der Waals surface area contributed by atoms with Crippen LogP contribution in [0.1, 0.15) is 30.9 Å². The van der Waals surface area contributed by atoms with E-state index in [1.54, 1.807) is 20.1 Å². The van der Waals surface area contributed by atoms with Gasteiger partial charge in [0.1, 0.15) is 11.8 Å². The highest BCUT2D eigenvalue weighted by molar-refractivity contribution is 5.67. The Bertz CT molecular complexity index is 987. The molecule has 1 heterocycles. The maximum absolute atomic E-state index is 14.6. The lowest BCUT2D eigenvalue weighted by molar-refractivity contribution is 0.188. The van der Waals surface area contributed by atoms with Gasteiger partial charge in [-0.3, -0.25) is 0 Å². The molecule has 0 radical (unpaired) electrons. The molecule has 2 atom stereocenters. The number of ether oxygens (including phenoxy) is 1. The second kappa shape index (κ2) is 8.86. The monoisotopic (exact) mass is 413 g/mol. The second-order valence-corrected chi connectivity index (χ2v) is 7.38. The van der Waals surface area contributed by atoms with Gasteiger partial charge < -0.3 is 25.8 Å². The van der Waals surface area contributed by atoms with E-state index in [1.807, 2.05) is 25.1 Å². The van der Waals surface area contributed by atoms with Crippen LogP contribution in [0.2, 0.25) is 0 Å². The van der Waals surface area contributed by atoms with E-state index in [2.05, 4.69) is 20.9 Å². The predicted molar refractivity (Wildman–Crippen MR) is 111 cm³/mol. The van der Waals surface area contributed by atoms with Crippen LogP contribution in [0.3, 0.4) is 0 Å². The van der Waals surface area contributed by atoms with Crippen molar-refractivity contribution in [1.82, 2.24) is 10.3 Å². The molecule has 1 aromatic carbocycles. The fourth-order valence-corrected chi connectivity index (χ4v) is 3.35. The zero-order chi connectivity index (χ0) is 21.8. The van der Waals surface area contributed by atoms with Gasteiger partial charge in [-0.2, -0.15) is 5.26 Å². The molecule has 3 rings (SSSR count). The molecule has 4 N–H and O–H groups in total. The molecule has 0 saturated heterocycles. The minimum Gasteiger partial charge on any atom is -0.496 e. The smallest absolute Gasteiger partial charge is 0.404 e. The number of nitrogens with zero attached hydrogens (tertiary/aromatic N) is 2. The molecule has 1 fully saturated rings. The summed E-state index contributed by atoms with van der Waals surface area (Å²) in [5.41, 5.74) is 1.64. The minimum absolute atomic E-state index is 0.0356. The van der Waals surface area contributed by atoms with Crippen molar-refractivity contribution in [2.45, 2.75) is 38.8 Å². The van der Waals surface area contributed by atoms with Gasteiger partial charge in [-0.15, -0.1) is 0 Å². The number of carboxylic acid groups (broad SMARTS) is 1. The van der Waals surface area contributed by atoms with Gasteiger partial charge in [-0.25, -0.2) is 14.2 Å². The number of pyridine rings is 1. The summed E-state index contributed by atoms with van der Waals surface area (Å²) in [4.78, 5) is 15.3. The summed E-state index contributed by atoms with van der Waals surface area (Å²) in [5.74, 6) is 0.377. The molecule has 0 bridgehead atoms. The van der Waals surface area contributed by atoms with Crippen LogP contribution in [-0.2, 0) is 0 Å². The summed E-state index contributed by atoms with van der Waals surface area (Å²) < 4.78 is 20.0. The molecular weight excluding hydrogens is 389 g/mol. The zero-order valence-electron chi connectivity index (χ0n) is 17.0. The Morgan fingerprint density at radius 3 is 2.70 bits per heavy atom. The predicted octanol–water partition coefficient (Wildman–Crippen LogP) is 4.00. The molecule has 158 valence electrons. The molecule has 1 aliphatic rings. The van der Waals surface area contributed by atoms with E-state index in [4.69, 9.17) is 9.84 Å². The van der Waals surface area contributed by atoms with E-state index in [0.717, 1.165) is 24.5 Å². The highest BCUT2D eigenvalue weighted by Crippen LogP contribution is 2.36. The molecule has 8 nitrogen and oxygen atoms in total. The summed E-state index contributed by atoms with van der Waals surface area (Å²) in [6.45, 7) is 3.63. The number of rotatable bonds is 8. The van der Waals surface area contributed by atoms with Gasteiger partial charge >= 0.3 is 6.09 Å². The van der Waals surface area contributed by atoms with Gasteiger partial charge in [0.25, 0.3) is 0 Å². The van der Waals surface area contributed by atoms with Crippen LogP contribution in [0.5, 0.6) is 5.75 Å². The van der Waals surface area contributed by atoms with Crippen molar-refractivity contribution >= 4 is 23.4 Å². The minimum atomic E-state index is -1.14. The van der Waals surface area contributed by atoms with Gasteiger partial charge in [0.2, 0.25) is 0 Å². The molecular formula is C21H24FN5O3. The fraction of sp³-hybridized carbons (Fsp3) is 0.381. The summed E-state index contributed by atoms with van der Waals surface area (Å²) in [6.07, 6.45) is 0.712. The standard InChI is InChI=1S/C21H24FN5O3/c1-11-4-7-15(9-17(11)30-3)25-19-14(10-23)8-16(22)20(27-19)26-18(13-5-6-13)12(2)24-21(28)29/h4,7-9,12-13,18,24H,5-6H2,1-3H3,(H,28,29)(H2,25,26,27)/t12-,18+/m0/s1. The third-order valence-electron chi connectivity index (χ3n) is 5.09. The first-order valence-corrected chi connectivity index (χ1v) is 9.60. The summed E-state index contributed by atoms with van der Waals surface area (Å²) in [7, 11) is 1.56. The van der Waals surface area contributed by atoms with E-state index >= 15 is 0 Å². The van der Waals surface area contributed by atoms with Crippen LogP contribution in [0.15, 0.2) is 24.3 Å². The van der Waals surface area contributed by atoms with Gasteiger partial charge in [-0.05, 0) is 50.3 Å². The van der Waals surface area contributed by atoms with Gasteiger partial charge in [0.15, 0.2) is 17.5 Å². The fourth-order valence-electron chi connectivity index (χ4n) is 3.35. The Labute approximate surface area is 174 Å². The Hall–Kier alpha value is -3.54. The van der Waals surface area contributed by atoms with Crippen molar-refractivity contribution in [2.75, 3.05) is 17.7 Å². The van der Waals surface area contributed by atoms with Gasteiger partial charge in [0, 0.05) is 17.8 Å². The zero-order valence-corrected chi connectivity index (χ0v) is 17.0. The van der Waals surface area contributed by atoms with Crippen LogP contribution in [0.4, 0.5) is 26.5 Å². The first kappa shape index (κ1) is 21.2. The molecule has 30 heavy (non-hydrogen) atoms. The third kappa shape index (κ3) is 4.89. The molecule has 9 heteroatoms. The number of halogens is 1. The van der Waals surface area contributed by atoms with E-state index in [-0.39, 0.29) is 29.2 Å². The number of carbonyl (C=O) groups is 1. The van der Waals surface area contributed by atoms with Crippen LogP contribution in [0, 0.1) is 30.0 Å². The quantitative estimate of drug-likeness (QED) is 0.516. The number of methoxy groups -OCH3 is 1. The van der Waals surface area contributed by atoms with Crippen LogP contribution in [-0.4, -0.2) is 35.4 Å². The highest BCUT2D eigenvalue weighted by Gasteiger charge is 2.36. The summed E-state index contributed by atoms with van der Waals surface area (Å²) in [5, 5.41) is 26.9. The van der Waals surface area contributed by atoms with E-state index in [1.165, 1.54) is 0 Å². The molecule has 1 aliphatic carbocycles. The van der Waals surface area contributed by atoms with Crippen molar-refractivity contribution in [3.8, 4) is 11.8 Å². The number of nitriles is 1. The van der Waals surface area contributed by atoms with Crippen molar-refractivity contribution < 1.29 is 19.0 Å². The van der Waals surface area contributed by atoms with E-state index in [9.17, 15) is 14.4 Å². The van der Waals surface area contributed by atoms with Crippen LogP contribution < -0.4 is 20.7 Å². The number of nitrogens with one attached hydrogen (secondary N) is 3. The van der Waals surface area contributed by atoms with Crippen molar-refractivity contribution in [3.05, 3.63) is 41.2 Å². The number of amides is 1. The third-order valence-corrected chi connectivity index (χ3v) is 5.09. The number of hydrogen-bond donors (Lipinski definition) is 4. The molecule has 1 amide bonds. The van der Waals surface area contributed by atoms with E-state index in [0.29, 0.717) is 11.4 Å². The van der Waals surface area contributed by atoms with Crippen molar-refractivity contribution in [3.63, 3.8) is 0 Å². The topological polar surface area (TPSA) is 119 Å². The Morgan fingerprint density at radius 1 is 1.37 bits per heavy atom. The lowest BCUT2D eigenvalue weighted by atomic mass is 10.0. The second-order valence-electron chi connectivity index (χ2n) is 7.38. The Morgan fingerprint density at radius 2 is 2.10 bits per heavy atom. The molecule has 2 aromatic rings. The van der Waals surface area contributed by atoms with E-state index < -0.39 is 18.0 Å². The SMILES string of the molecule is COc1cc(Nc2nc(N[C@@H](C3CC3)[C@H](C)NC(=O)O)c(F)cc2C#N)ccc1C. The van der Waals surface area contributed by atoms with Gasteiger partial charge in [0.05, 0.1) is 18.7 Å². The average Bonchev–Trinajstić information content (AvgIpc) is 3.53. The number of aromatic nitrogens is 1. The Balaban J connectivity index is 1.89. The molecule has 0 unspecified atom stereocenters. The molecule has 0 aliphatic heterocycles. The number of aryl methyl sites for hydroxylation is 1.